The number of imidazole rings is 1. The van der Waals surface area contributed by atoms with E-state index in [1.165, 1.54) is 11.9 Å². The van der Waals surface area contributed by atoms with Crippen LogP contribution in [0, 0.1) is 6.92 Å². The molecule has 0 saturated heterocycles. The molecule has 0 aliphatic rings. The smallest absolute Gasteiger partial charge is 0.165 e. The van der Waals surface area contributed by atoms with Crippen LogP contribution in [0.25, 0.3) is 22.1 Å². The highest BCUT2D eigenvalue weighted by atomic mass is 15.2. The molecule has 0 unspecified atom stereocenters. The van der Waals surface area contributed by atoms with E-state index in [1.54, 1.807) is 6.33 Å². The topological polar surface area (TPSA) is 97.8 Å². The Bertz CT molecular complexity index is 1130. The normalized spacial score (nSPS) is 11.4. The standard InChI is InChI=1S/C20H24N8/c1-13-5-4-6-14-9-15(19(26-16(13)14)27(3)8-7-22-2)10-28-12-25-17-18(21)23-11-24-20(17)28/h4-6,9,11-12,22H,7-8,10H2,1-3H3,(H2,21,23,24). The number of nitrogens with zero attached hydrogens (tertiary/aromatic N) is 6. The molecule has 0 spiro atoms. The molecule has 1 aromatic carbocycles. The minimum absolute atomic E-state index is 0.391. The van der Waals surface area contributed by atoms with Gasteiger partial charge in [0, 0.05) is 31.1 Å². The van der Waals surface area contributed by atoms with Crippen LogP contribution in [-0.2, 0) is 6.54 Å². The fourth-order valence-corrected chi connectivity index (χ4v) is 3.41. The Labute approximate surface area is 163 Å². The van der Waals surface area contributed by atoms with Crippen LogP contribution in [-0.4, -0.2) is 51.7 Å². The molecule has 0 amide bonds. The van der Waals surface area contributed by atoms with Crippen LogP contribution >= 0.6 is 0 Å². The van der Waals surface area contributed by atoms with Crippen molar-refractivity contribution in [1.29, 1.82) is 0 Å². The van der Waals surface area contributed by atoms with Crippen molar-refractivity contribution >= 4 is 33.7 Å². The molecule has 3 heterocycles. The fourth-order valence-electron chi connectivity index (χ4n) is 3.41. The van der Waals surface area contributed by atoms with Crippen molar-refractivity contribution in [3.8, 4) is 0 Å². The van der Waals surface area contributed by atoms with Gasteiger partial charge in [-0.15, -0.1) is 0 Å². The summed E-state index contributed by atoms with van der Waals surface area (Å²) in [7, 11) is 4.02. The molecule has 28 heavy (non-hydrogen) atoms. The Morgan fingerprint density at radius 1 is 1.18 bits per heavy atom. The lowest BCUT2D eigenvalue weighted by molar-refractivity contribution is 0.749. The molecule has 0 atom stereocenters. The molecule has 0 aliphatic heterocycles. The second-order valence-electron chi connectivity index (χ2n) is 6.95. The Kier molecular flexibility index (Phi) is 4.79. The average molecular weight is 376 g/mol. The largest absolute Gasteiger partial charge is 0.382 e. The summed E-state index contributed by atoms with van der Waals surface area (Å²) in [5.74, 6) is 1.35. The number of anilines is 2. The molecule has 3 N–H and O–H groups in total. The first kappa shape index (κ1) is 18.1. The minimum Gasteiger partial charge on any atom is -0.382 e. The third-order valence-corrected chi connectivity index (χ3v) is 4.93. The molecule has 0 fully saturated rings. The van der Waals surface area contributed by atoms with Gasteiger partial charge >= 0.3 is 0 Å². The molecular weight excluding hydrogens is 352 g/mol. The molecule has 0 bridgehead atoms. The number of para-hydroxylation sites is 1. The van der Waals surface area contributed by atoms with Crippen LogP contribution in [0.5, 0.6) is 0 Å². The molecule has 4 rings (SSSR count). The summed E-state index contributed by atoms with van der Waals surface area (Å²) < 4.78 is 1.99. The SMILES string of the molecule is CNCCN(C)c1nc2c(C)cccc2cc1Cn1cnc2c(N)ncnc21. The molecule has 144 valence electrons. The second kappa shape index (κ2) is 7.40. The maximum atomic E-state index is 5.93. The molecule has 4 aromatic rings. The number of likely N-dealkylation sites (N-methyl/N-ethyl adjacent to an activating group) is 2. The van der Waals surface area contributed by atoms with Crippen LogP contribution in [0.2, 0.25) is 0 Å². The first-order valence-corrected chi connectivity index (χ1v) is 9.24. The highest BCUT2D eigenvalue weighted by Crippen LogP contribution is 2.27. The number of nitrogen functional groups attached to an aromatic ring is 1. The van der Waals surface area contributed by atoms with E-state index >= 15 is 0 Å². The number of hydrogen-bond donors (Lipinski definition) is 2. The summed E-state index contributed by atoms with van der Waals surface area (Å²) in [5, 5.41) is 4.32. The summed E-state index contributed by atoms with van der Waals surface area (Å²) in [4.78, 5) is 20.0. The van der Waals surface area contributed by atoms with Crippen LogP contribution < -0.4 is 16.0 Å². The first-order valence-electron chi connectivity index (χ1n) is 9.24. The van der Waals surface area contributed by atoms with Gasteiger partial charge in [0.05, 0.1) is 18.4 Å². The number of pyridine rings is 1. The Morgan fingerprint density at radius 3 is 2.86 bits per heavy atom. The monoisotopic (exact) mass is 376 g/mol. The number of hydrogen-bond acceptors (Lipinski definition) is 7. The van der Waals surface area contributed by atoms with E-state index in [1.807, 2.05) is 11.6 Å². The van der Waals surface area contributed by atoms with E-state index in [2.05, 4.69) is 63.4 Å². The lowest BCUT2D eigenvalue weighted by Crippen LogP contribution is -2.28. The second-order valence-corrected chi connectivity index (χ2v) is 6.95. The van der Waals surface area contributed by atoms with Gasteiger partial charge < -0.3 is 20.5 Å². The highest BCUT2D eigenvalue weighted by molar-refractivity contribution is 5.85. The van der Waals surface area contributed by atoms with E-state index < -0.39 is 0 Å². The average Bonchev–Trinajstić information content (AvgIpc) is 3.10. The maximum Gasteiger partial charge on any atom is 0.165 e. The summed E-state index contributed by atoms with van der Waals surface area (Å²) in [6.07, 6.45) is 3.23. The zero-order valence-corrected chi connectivity index (χ0v) is 16.3. The third-order valence-electron chi connectivity index (χ3n) is 4.93. The summed E-state index contributed by atoms with van der Waals surface area (Å²) >= 11 is 0. The van der Waals surface area contributed by atoms with Crippen molar-refractivity contribution in [1.82, 2.24) is 29.8 Å². The van der Waals surface area contributed by atoms with Crippen molar-refractivity contribution in [3.05, 3.63) is 48.0 Å². The van der Waals surface area contributed by atoms with Crippen molar-refractivity contribution in [2.24, 2.45) is 0 Å². The summed E-state index contributed by atoms with van der Waals surface area (Å²) in [5.41, 5.74) is 10.6. The van der Waals surface area contributed by atoms with Crippen LogP contribution in [0.3, 0.4) is 0 Å². The van der Waals surface area contributed by atoms with Crippen LogP contribution in [0.1, 0.15) is 11.1 Å². The number of aromatic nitrogens is 5. The van der Waals surface area contributed by atoms with E-state index in [0.29, 0.717) is 17.9 Å². The molecule has 0 aliphatic carbocycles. The number of fused-ring (bicyclic) bond motifs is 2. The lowest BCUT2D eigenvalue weighted by Gasteiger charge is -2.22. The maximum absolute atomic E-state index is 5.93. The van der Waals surface area contributed by atoms with Gasteiger partial charge in [0.25, 0.3) is 0 Å². The van der Waals surface area contributed by atoms with Gasteiger partial charge in [-0.05, 0) is 25.6 Å². The van der Waals surface area contributed by atoms with Crippen LogP contribution in [0.4, 0.5) is 11.6 Å². The highest BCUT2D eigenvalue weighted by Gasteiger charge is 2.15. The van der Waals surface area contributed by atoms with E-state index in [-0.39, 0.29) is 0 Å². The lowest BCUT2D eigenvalue weighted by atomic mass is 10.1. The fraction of sp³-hybridized carbons (Fsp3) is 0.300. The molecular formula is C20H24N8. The third kappa shape index (κ3) is 3.22. The van der Waals surface area contributed by atoms with Gasteiger partial charge in [-0.2, -0.15) is 0 Å². The van der Waals surface area contributed by atoms with Crippen molar-refractivity contribution < 1.29 is 0 Å². The molecule has 8 heteroatoms. The Morgan fingerprint density at radius 2 is 2.04 bits per heavy atom. The predicted octanol–water partition coefficient (Wildman–Crippen LogP) is 1.97. The first-order chi connectivity index (χ1) is 13.6. The van der Waals surface area contributed by atoms with Crippen molar-refractivity contribution in [2.75, 3.05) is 37.8 Å². The predicted molar refractivity (Wildman–Crippen MR) is 113 cm³/mol. The van der Waals surface area contributed by atoms with Gasteiger partial charge in [0.1, 0.15) is 17.7 Å². The number of nitrogens with one attached hydrogen (secondary N) is 1. The summed E-state index contributed by atoms with van der Waals surface area (Å²) in [6.45, 7) is 4.42. The zero-order valence-electron chi connectivity index (χ0n) is 16.3. The number of benzene rings is 1. The van der Waals surface area contributed by atoms with Gasteiger partial charge in [-0.3, -0.25) is 0 Å². The van der Waals surface area contributed by atoms with Crippen molar-refractivity contribution in [3.63, 3.8) is 0 Å². The molecule has 0 radical (unpaired) electrons. The minimum atomic E-state index is 0.391. The van der Waals surface area contributed by atoms with Gasteiger partial charge in [0.15, 0.2) is 11.5 Å². The summed E-state index contributed by atoms with van der Waals surface area (Å²) in [6, 6.07) is 8.46. The van der Waals surface area contributed by atoms with Gasteiger partial charge in [-0.1, -0.05) is 18.2 Å². The Hall–Kier alpha value is -3.26. The number of aryl methyl sites for hydroxylation is 1. The Balaban J connectivity index is 1.82. The number of rotatable bonds is 6. The quantitative estimate of drug-likeness (QED) is 0.531. The van der Waals surface area contributed by atoms with Gasteiger partial charge in [-0.25, -0.2) is 19.9 Å². The van der Waals surface area contributed by atoms with Crippen molar-refractivity contribution in [2.45, 2.75) is 13.5 Å². The van der Waals surface area contributed by atoms with Crippen LogP contribution in [0.15, 0.2) is 36.9 Å². The van der Waals surface area contributed by atoms with E-state index in [4.69, 9.17) is 10.7 Å². The molecule has 3 aromatic heterocycles. The molecule has 0 saturated carbocycles. The van der Waals surface area contributed by atoms with Gasteiger partial charge in [0.2, 0.25) is 0 Å². The zero-order chi connectivity index (χ0) is 19.7. The van der Waals surface area contributed by atoms with E-state index in [9.17, 15) is 0 Å². The van der Waals surface area contributed by atoms with E-state index in [0.717, 1.165) is 41.0 Å². The number of nitrogens with two attached hydrogens (primary N) is 1. The molecule has 8 nitrogen and oxygen atoms in total.